The number of aliphatic carboxylic acids is 1. The van der Waals surface area contributed by atoms with E-state index >= 15 is 0 Å². The first-order chi connectivity index (χ1) is 2.94. The lowest BCUT2D eigenvalue weighted by atomic mass is 10.6. The monoisotopic (exact) mass is 91.1 g/mol. The zero-order valence-corrected chi connectivity index (χ0v) is 3.43. The van der Waals surface area contributed by atoms with E-state index in [0.29, 0.717) is 0 Å². The van der Waals surface area contributed by atoms with Crippen LogP contribution in [0.25, 0.3) is 0 Å². The van der Waals surface area contributed by atoms with Crippen LogP contribution in [-0.4, -0.2) is 17.1 Å². The van der Waals surface area contributed by atoms with Gasteiger partial charge in [0.2, 0.25) is 0 Å². The van der Waals surface area contributed by atoms with Crippen LogP contribution in [-0.2, 0) is 4.79 Å². The zero-order chi connectivity index (χ0) is 6.08. The van der Waals surface area contributed by atoms with E-state index in [1.54, 1.807) is 0 Å². The zero-order valence-electron chi connectivity index (χ0n) is 4.43. The van der Waals surface area contributed by atoms with Crippen LogP contribution in [0.5, 0.6) is 0 Å². The number of carboxylic acid groups (broad SMARTS) is 1. The van der Waals surface area contributed by atoms with Crippen molar-refractivity contribution >= 4 is 5.97 Å². The van der Waals surface area contributed by atoms with Gasteiger partial charge >= 0.3 is 5.97 Å². The predicted octanol–water partition coefficient (Wildman–Crippen LogP) is -0.582. The molecule has 0 aromatic carbocycles. The molecule has 0 spiro atoms. The average Bonchev–Trinajstić information content (AvgIpc) is 1.31. The Bertz CT molecular complexity index is 85.4. The summed E-state index contributed by atoms with van der Waals surface area (Å²) in [5.41, 5.74) is 4.75. The smallest absolute Gasteiger partial charge is 0.320 e. The van der Waals surface area contributed by atoms with Crippen molar-refractivity contribution in [3.05, 3.63) is 0 Å². The highest BCUT2D eigenvalue weighted by atomic mass is 16.5. The van der Waals surface area contributed by atoms with Crippen molar-refractivity contribution in [2.24, 2.45) is 5.73 Å². The molecule has 0 radical (unpaired) electrons. The molecule has 3 N–H and O–H groups in total. The first kappa shape index (κ1) is 3.61. The van der Waals surface area contributed by atoms with E-state index in [0.717, 1.165) is 6.92 Å². The highest BCUT2D eigenvalue weighted by Crippen LogP contribution is 1.68. The minimum Gasteiger partial charge on any atom is -0.480 e. The van der Waals surface area contributed by atoms with Crippen molar-refractivity contribution < 1.29 is 11.3 Å². The van der Waals surface area contributed by atoms with Gasteiger partial charge in [-0.05, 0) is 6.92 Å². The van der Waals surface area contributed by atoms with Gasteiger partial charge in [-0.2, -0.15) is 0 Å². The molecule has 0 fully saturated rings. The number of carboxylic acids is 1. The normalized spacial score (nSPS) is 21.3. The van der Waals surface area contributed by atoms with E-state index in [9.17, 15) is 4.79 Å². The van der Waals surface area contributed by atoms with Crippen molar-refractivity contribution in [2.75, 3.05) is 0 Å². The molecule has 0 aliphatic carbocycles. The minimum absolute atomic E-state index is 1.11. The van der Waals surface area contributed by atoms with Crippen molar-refractivity contribution in [3.8, 4) is 0 Å². The van der Waals surface area contributed by atoms with E-state index in [2.05, 4.69) is 0 Å². The van der Waals surface area contributed by atoms with Crippen LogP contribution in [0.2, 0.25) is 0 Å². The maximum atomic E-state index is 9.71. The Morgan fingerprint density at radius 2 is 2.50 bits per heavy atom. The third-order valence-corrected chi connectivity index (χ3v) is 0.337. The molecule has 1 atom stereocenters. The topological polar surface area (TPSA) is 63.3 Å². The van der Waals surface area contributed by atoms with Gasteiger partial charge in [-0.1, -0.05) is 0 Å². The quantitative estimate of drug-likeness (QED) is 0.424. The highest BCUT2D eigenvalue weighted by molar-refractivity contribution is 5.72. The van der Waals surface area contributed by atoms with Gasteiger partial charge in [-0.3, -0.25) is 4.79 Å². The second-order valence-electron chi connectivity index (χ2n) is 0.988. The van der Waals surface area contributed by atoms with Gasteiger partial charge in [0.1, 0.15) is 6.02 Å². The number of carbonyl (C=O) groups is 1. The maximum absolute atomic E-state index is 9.71. The lowest BCUT2D eigenvalue weighted by Crippen LogP contribution is -2.25. The van der Waals surface area contributed by atoms with Gasteiger partial charge in [0.05, 0.1) is 1.37 Å². The molecule has 0 rings (SSSR count). The van der Waals surface area contributed by atoms with Crippen LogP contribution in [0.1, 0.15) is 8.29 Å². The summed E-state index contributed by atoms with van der Waals surface area (Å²) in [6.07, 6.45) is 0. The van der Waals surface area contributed by atoms with Crippen LogP contribution < -0.4 is 5.73 Å². The molecule has 0 amide bonds. The van der Waals surface area contributed by atoms with Gasteiger partial charge in [0.15, 0.2) is 0 Å². The summed E-state index contributed by atoms with van der Waals surface area (Å²) in [7, 11) is 0. The molecule has 6 heavy (non-hydrogen) atoms. The summed E-state index contributed by atoms with van der Waals surface area (Å²) in [5.74, 6) is -1.31. The van der Waals surface area contributed by atoms with Gasteiger partial charge < -0.3 is 10.8 Å². The van der Waals surface area contributed by atoms with Crippen molar-refractivity contribution in [1.82, 2.24) is 0 Å². The van der Waals surface area contributed by atoms with Crippen molar-refractivity contribution in [3.63, 3.8) is 0 Å². The van der Waals surface area contributed by atoms with Crippen LogP contribution in [0, 0.1) is 0 Å². The van der Waals surface area contributed by atoms with E-state index in [4.69, 9.17) is 12.2 Å². The molecule has 0 aliphatic rings. The van der Waals surface area contributed by atoms with Gasteiger partial charge in [-0.15, -0.1) is 0 Å². The second-order valence-corrected chi connectivity index (χ2v) is 0.988. The molecule has 3 heteroatoms. The van der Waals surface area contributed by atoms with Crippen molar-refractivity contribution in [1.29, 1.82) is 0 Å². The summed E-state index contributed by atoms with van der Waals surface area (Å²) >= 11 is 0. The van der Waals surface area contributed by atoms with Crippen LogP contribution in [0.4, 0.5) is 0 Å². The molecule has 0 aromatic rings. The Kier molecular flexibility index (Phi) is 1.06. The summed E-state index contributed by atoms with van der Waals surface area (Å²) in [5, 5.41) is 7.94. The molecule has 1 unspecified atom stereocenters. The molecular weight excluding hydrogens is 83.0 g/mol. The standard InChI is InChI=1S/C3H7NO2/c1-2(4)3(5)6/h2H,4H2,1H3,(H,5,6)/i2D,3+1. The summed E-state index contributed by atoms with van der Waals surface area (Å²) in [6, 6.07) is -1.83. The fourth-order valence-corrected chi connectivity index (χ4v) is 0. The second kappa shape index (κ2) is 1.77. The first-order valence-corrected chi connectivity index (χ1v) is 1.47. The molecule has 0 aliphatic heterocycles. The number of rotatable bonds is 1. The van der Waals surface area contributed by atoms with E-state index in [-0.39, 0.29) is 0 Å². The summed E-state index contributed by atoms with van der Waals surface area (Å²) in [4.78, 5) is 9.71. The Hall–Kier alpha value is -0.570. The summed E-state index contributed by atoms with van der Waals surface area (Å²) < 4.78 is 6.56. The lowest BCUT2D eigenvalue weighted by molar-refractivity contribution is -0.138. The van der Waals surface area contributed by atoms with Crippen LogP contribution >= 0.6 is 0 Å². The molecule has 0 heterocycles. The van der Waals surface area contributed by atoms with E-state index < -0.39 is 12.0 Å². The maximum Gasteiger partial charge on any atom is 0.320 e. The molecular formula is C3H7NO2. The Morgan fingerprint density at radius 1 is 2.33 bits per heavy atom. The molecule has 3 nitrogen and oxygen atoms in total. The Balaban J connectivity index is 3.79. The van der Waals surface area contributed by atoms with E-state index in [1.165, 1.54) is 0 Å². The molecule has 36 valence electrons. The molecule has 0 bridgehead atoms. The molecule has 0 aromatic heterocycles. The van der Waals surface area contributed by atoms with Gasteiger partial charge in [0, 0.05) is 0 Å². The lowest BCUT2D eigenvalue weighted by Gasteiger charge is -1.90. The SMILES string of the molecule is [2H]C(C)(N)[13C](=O)O. The fraction of sp³-hybridized carbons (Fsp3) is 0.667. The number of nitrogens with two attached hydrogens (primary N) is 1. The minimum atomic E-state index is -1.83. The van der Waals surface area contributed by atoms with Crippen molar-refractivity contribution in [2.45, 2.75) is 12.9 Å². The summed E-state index contributed by atoms with van der Waals surface area (Å²) in [6.45, 7) is 1.11. The Labute approximate surface area is 37.2 Å². The van der Waals surface area contributed by atoms with Gasteiger partial charge in [-0.25, -0.2) is 0 Å². The van der Waals surface area contributed by atoms with E-state index in [1.807, 2.05) is 0 Å². The predicted molar refractivity (Wildman–Crippen MR) is 21.3 cm³/mol. The Morgan fingerprint density at radius 3 is 2.50 bits per heavy atom. The third-order valence-electron chi connectivity index (χ3n) is 0.337. The molecule has 0 saturated carbocycles. The largest absolute Gasteiger partial charge is 0.480 e. The average molecular weight is 91.1 g/mol. The number of hydrogen-bond acceptors (Lipinski definition) is 2. The third kappa shape index (κ3) is 1.72. The van der Waals surface area contributed by atoms with Crippen LogP contribution in [0.3, 0.4) is 0 Å². The fourth-order valence-electron chi connectivity index (χ4n) is 0. The van der Waals surface area contributed by atoms with Gasteiger partial charge in [0.25, 0.3) is 0 Å². The van der Waals surface area contributed by atoms with Crippen LogP contribution in [0.15, 0.2) is 0 Å². The molecule has 0 saturated heterocycles. The number of hydrogen-bond donors (Lipinski definition) is 2. The first-order valence-electron chi connectivity index (χ1n) is 1.97. The highest BCUT2D eigenvalue weighted by Gasteiger charge is 1.99.